The quantitative estimate of drug-likeness (QED) is 0.396. The molecule has 126 valence electrons. The summed E-state index contributed by atoms with van der Waals surface area (Å²) in [6, 6.07) is 21.0. The maximum Gasteiger partial charge on any atom is 0.267 e. The van der Waals surface area contributed by atoms with Gasteiger partial charge in [-0.2, -0.15) is 0 Å². The van der Waals surface area contributed by atoms with Crippen LogP contribution in [0, 0.1) is 0 Å². The van der Waals surface area contributed by atoms with Crippen LogP contribution in [0.15, 0.2) is 84.1 Å². The lowest BCUT2D eigenvalue weighted by atomic mass is 10.1. The van der Waals surface area contributed by atoms with Crippen LogP contribution < -0.4 is 4.90 Å². The third kappa shape index (κ3) is 3.58. The highest BCUT2D eigenvalue weighted by molar-refractivity contribution is 6.10. The maximum absolute atomic E-state index is 13.0. The molecule has 0 aliphatic carbocycles. The molecule has 7 heteroatoms. The molecule has 26 heavy (non-hydrogen) atoms. The van der Waals surface area contributed by atoms with Gasteiger partial charge < -0.3 is 0 Å². The number of aromatic nitrogens is 1. The lowest BCUT2D eigenvalue weighted by Crippen LogP contribution is -2.26. The first-order valence-corrected chi connectivity index (χ1v) is 7.71. The molecule has 0 unspecified atom stereocenters. The van der Waals surface area contributed by atoms with Gasteiger partial charge in [-0.3, -0.25) is 19.5 Å². The standard InChI is InChI=1S/C19H13N5O2/c20-23-22-18(25)17-12-11-16(13-21-17)24(15-9-5-2-6-10-15)19(26)14-7-3-1-4-8-14/h1-13H. The largest absolute Gasteiger partial charge is 0.285 e. The zero-order valence-electron chi connectivity index (χ0n) is 13.6. The fourth-order valence-corrected chi connectivity index (χ4v) is 2.41. The van der Waals surface area contributed by atoms with Crippen LogP contribution >= 0.6 is 0 Å². The van der Waals surface area contributed by atoms with E-state index in [1.807, 2.05) is 24.3 Å². The lowest BCUT2D eigenvalue weighted by Gasteiger charge is -2.23. The number of carbonyl (C=O) groups is 2. The van der Waals surface area contributed by atoms with Crippen molar-refractivity contribution >= 4 is 23.2 Å². The SMILES string of the molecule is [N-]=[N+]=NC(=O)c1ccc(N(C(=O)c2ccccc2)c2ccccc2)cn1. The van der Waals surface area contributed by atoms with Crippen LogP contribution in [0.2, 0.25) is 0 Å². The van der Waals surface area contributed by atoms with Crippen LogP contribution in [0.5, 0.6) is 0 Å². The third-order valence-corrected chi connectivity index (χ3v) is 3.60. The molecule has 0 aliphatic heterocycles. The summed E-state index contributed by atoms with van der Waals surface area (Å²) in [5.74, 6) is -1.01. The number of para-hydroxylation sites is 1. The van der Waals surface area contributed by atoms with Crippen molar-refractivity contribution in [1.82, 2.24) is 4.98 Å². The summed E-state index contributed by atoms with van der Waals surface area (Å²) in [6.45, 7) is 0. The molecule has 0 fully saturated rings. The molecule has 0 radical (unpaired) electrons. The highest BCUT2D eigenvalue weighted by atomic mass is 16.2. The van der Waals surface area contributed by atoms with E-state index in [0.29, 0.717) is 16.9 Å². The predicted molar refractivity (Wildman–Crippen MR) is 97.1 cm³/mol. The minimum absolute atomic E-state index is 0.00622. The predicted octanol–water partition coefficient (Wildman–Crippen LogP) is 4.51. The Labute approximate surface area is 149 Å². The number of hydrogen-bond donors (Lipinski definition) is 0. The summed E-state index contributed by atoms with van der Waals surface area (Å²) in [5, 5.41) is 3.01. The van der Waals surface area contributed by atoms with Gasteiger partial charge in [0.05, 0.1) is 11.9 Å². The molecule has 1 heterocycles. The second kappa shape index (κ2) is 7.74. The molecule has 0 saturated carbocycles. The van der Waals surface area contributed by atoms with E-state index in [1.54, 1.807) is 42.5 Å². The van der Waals surface area contributed by atoms with Gasteiger partial charge in [-0.1, -0.05) is 36.4 Å². The van der Waals surface area contributed by atoms with Crippen molar-refractivity contribution in [3.8, 4) is 0 Å². The fourth-order valence-electron chi connectivity index (χ4n) is 2.41. The number of rotatable bonds is 4. The summed E-state index contributed by atoms with van der Waals surface area (Å²) >= 11 is 0. The van der Waals surface area contributed by atoms with Crippen LogP contribution in [-0.4, -0.2) is 16.8 Å². The van der Waals surface area contributed by atoms with Gasteiger partial charge in [-0.25, -0.2) is 0 Å². The molecule has 0 aliphatic rings. The van der Waals surface area contributed by atoms with Crippen molar-refractivity contribution in [2.45, 2.75) is 0 Å². The number of anilines is 2. The molecule has 0 N–H and O–H groups in total. The Morgan fingerprint density at radius 2 is 1.54 bits per heavy atom. The van der Waals surface area contributed by atoms with Gasteiger partial charge >= 0.3 is 0 Å². The maximum atomic E-state index is 13.0. The molecule has 3 rings (SSSR count). The summed E-state index contributed by atoms with van der Waals surface area (Å²) < 4.78 is 0. The monoisotopic (exact) mass is 343 g/mol. The zero-order chi connectivity index (χ0) is 18.4. The van der Waals surface area contributed by atoms with E-state index in [2.05, 4.69) is 15.0 Å². The van der Waals surface area contributed by atoms with Crippen LogP contribution in [0.25, 0.3) is 10.4 Å². The Balaban J connectivity index is 2.03. The van der Waals surface area contributed by atoms with Gasteiger partial charge in [0.1, 0.15) is 5.69 Å². The molecule has 3 aromatic rings. The molecule has 1 aromatic heterocycles. The number of pyridine rings is 1. The van der Waals surface area contributed by atoms with E-state index in [9.17, 15) is 9.59 Å². The molecule has 0 atom stereocenters. The highest BCUT2D eigenvalue weighted by Gasteiger charge is 2.20. The minimum Gasteiger partial charge on any atom is -0.285 e. The van der Waals surface area contributed by atoms with Gasteiger partial charge in [0.2, 0.25) is 0 Å². The van der Waals surface area contributed by atoms with E-state index in [4.69, 9.17) is 5.53 Å². The number of carbonyl (C=O) groups excluding carboxylic acids is 2. The van der Waals surface area contributed by atoms with Crippen LogP contribution in [0.1, 0.15) is 20.8 Å². The Kier molecular flexibility index (Phi) is 5.03. The van der Waals surface area contributed by atoms with Crippen LogP contribution in [-0.2, 0) is 0 Å². The number of amides is 2. The topological polar surface area (TPSA) is 99.0 Å². The normalized spacial score (nSPS) is 9.85. The molecule has 2 amide bonds. The Hall–Kier alpha value is -3.96. The minimum atomic E-state index is -0.778. The number of benzene rings is 2. The van der Waals surface area contributed by atoms with Crippen LogP contribution in [0.4, 0.5) is 11.4 Å². The van der Waals surface area contributed by atoms with Crippen molar-refractivity contribution in [3.05, 3.63) is 101 Å². The van der Waals surface area contributed by atoms with Gasteiger partial charge in [0.15, 0.2) is 0 Å². The fraction of sp³-hybridized carbons (Fsp3) is 0. The van der Waals surface area contributed by atoms with E-state index in [1.165, 1.54) is 17.2 Å². The summed E-state index contributed by atoms with van der Waals surface area (Å²) in [7, 11) is 0. The number of nitrogens with zero attached hydrogens (tertiary/aromatic N) is 5. The molecule has 0 saturated heterocycles. The molecular formula is C19H13N5O2. The average molecular weight is 343 g/mol. The second-order valence-corrected chi connectivity index (χ2v) is 5.24. The van der Waals surface area contributed by atoms with Crippen LogP contribution in [0.3, 0.4) is 0 Å². The first-order chi connectivity index (χ1) is 12.7. The molecule has 0 spiro atoms. The second-order valence-electron chi connectivity index (χ2n) is 5.24. The summed E-state index contributed by atoms with van der Waals surface area (Å²) in [5.41, 5.74) is 10.0. The number of hydrogen-bond acceptors (Lipinski definition) is 3. The van der Waals surface area contributed by atoms with E-state index >= 15 is 0 Å². The molecule has 7 nitrogen and oxygen atoms in total. The summed E-state index contributed by atoms with van der Waals surface area (Å²) in [6.07, 6.45) is 1.40. The Bertz CT molecular complexity index is 966. The third-order valence-electron chi connectivity index (χ3n) is 3.60. The van der Waals surface area contributed by atoms with Crippen molar-refractivity contribution in [1.29, 1.82) is 0 Å². The average Bonchev–Trinajstić information content (AvgIpc) is 2.70. The van der Waals surface area contributed by atoms with Crippen molar-refractivity contribution in [3.63, 3.8) is 0 Å². The molecule has 2 aromatic carbocycles. The van der Waals surface area contributed by atoms with Crippen molar-refractivity contribution < 1.29 is 9.59 Å². The Morgan fingerprint density at radius 3 is 2.12 bits per heavy atom. The summed E-state index contributed by atoms with van der Waals surface area (Å²) in [4.78, 5) is 32.6. The zero-order valence-corrected chi connectivity index (χ0v) is 13.6. The van der Waals surface area contributed by atoms with Crippen molar-refractivity contribution in [2.24, 2.45) is 5.11 Å². The molecule has 0 bridgehead atoms. The van der Waals surface area contributed by atoms with Gasteiger partial charge in [0.25, 0.3) is 11.8 Å². The highest BCUT2D eigenvalue weighted by Crippen LogP contribution is 2.27. The first-order valence-electron chi connectivity index (χ1n) is 7.71. The smallest absolute Gasteiger partial charge is 0.267 e. The van der Waals surface area contributed by atoms with Crippen molar-refractivity contribution in [2.75, 3.05) is 4.90 Å². The lowest BCUT2D eigenvalue weighted by molar-refractivity contribution is 0.0991. The first kappa shape index (κ1) is 16.9. The van der Waals surface area contributed by atoms with Gasteiger partial charge in [-0.15, -0.1) is 0 Å². The molecular weight excluding hydrogens is 330 g/mol. The number of azide groups is 1. The van der Waals surface area contributed by atoms with E-state index in [0.717, 1.165) is 0 Å². The van der Waals surface area contributed by atoms with E-state index in [-0.39, 0.29) is 11.6 Å². The van der Waals surface area contributed by atoms with E-state index < -0.39 is 5.91 Å². The van der Waals surface area contributed by atoms with Gasteiger partial charge in [-0.05, 0) is 47.0 Å². The Morgan fingerprint density at radius 1 is 0.885 bits per heavy atom. The van der Waals surface area contributed by atoms with Gasteiger partial charge in [0, 0.05) is 16.2 Å².